The van der Waals surface area contributed by atoms with Crippen LogP contribution in [0.1, 0.15) is 49.0 Å². The maximum atomic E-state index is 13.3. The number of nitrogens with zero attached hydrogens (tertiary/aromatic N) is 1. The fourth-order valence-electron chi connectivity index (χ4n) is 2.78. The maximum absolute atomic E-state index is 13.3. The molecule has 5 heteroatoms. The Morgan fingerprint density at radius 1 is 0.964 bits per heavy atom. The van der Waals surface area contributed by atoms with Gasteiger partial charge in [-0.1, -0.05) is 55.8 Å². The van der Waals surface area contributed by atoms with Gasteiger partial charge in [0.15, 0.2) is 0 Å². The minimum Gasteiger partial charge on any atom is -0.493 e. The third-order valence-electron chi connectivity index (χ3n) is 4.27. The molecule has 0 aliphatic rings. The van der Waals surface area contributed by atoms with E-state index in [1.807, 2.05) is 48.5 Å². The number of ether oxygens (including phenoxy) is 2. The molecule has 5 nitrogen and oxygen atoms in total. The molecule has 2 rings (SSSR count). The van der Waals surface area contributed by atoms with Crippen molar-refractivity contribution in [2.45, 2.75) is 39.7 Å². The van der Waals surface area contributed by atoms with Gasteiger partial charge in [-0.15, -0.1) is 0 Å². The van der Waals surface area contributed by atoms with Crippen LogP contribution in [0.5, 0.6) is 5.75 Å². The molecule has 0 heterocycles. The third-order valence-corrected chi connectivity index (χ3v) is 4.27. The van der Waals surface area contributed by atoms with Crippen molar-refractivity contribution < 1.29 is 19.1 Å². The Morgan fingerprint density at radius 2 is 1.68 bits per heavy atom. The van der Waals surface area contributed by atoms with E-state index in [-0.39, 0.29) is 24.8 Å². The first-order valence-corrected chi connectivity index (χ1v) is 9.86. The van der Waals surface area contributed by atoms with Gasteiger partial charge in [-0.25, -0.2) is 0 Å². The molecule has 0 aliphatic carbocycles. The highest BCUT2D eigenvalue weighted by atomic mass is 16.5. The zero-order valence-electron chi connectivity index (χ0n) is 16.7. The number of esters is 1. The van der Waals surface area contributed by atoms with E-state index < -0.39 is 0 Å². The molecule has 0 saturated carbocycles. The van der Waals surface area contributed by atoms with Crippen molar-refractivity contribution in [2.24, 2.45) is 0 Å². The molecule has 0 fully saturated rings. The summed E-state index contributed by atoms with van der Waals surface area (Å²) in [5.41, 5.74) is 1.52. The number of hydrogen-bond donors (Lipinski definition) is 0. The maximum Gasteiger partial charge on any atom is 0.307 e. The summed E-state index contributed by atoms with van der Waals surface area (Å²) in [6, 6.07) is 17.0. The quantitative estimate of drug-likeness (QED) is 0.425. The molecule has 2 aromatic rings. The van der Waals surface area contributed by atoms with Crippen molar-refractivity contribution in [1.82, 2.24) is 4.90 Å². The topological polar surface area (TPSA) is 55.8 Å². The Kier molecular flexibility index (Phi) is 9.05. The first-order valence-electron chi connectivity index (χ1n) is 9.86. The number of rotatable bonds is 11. The highest BCUT2D eigenvalue weighted by Crippen LogP contribution is 2.21. The van der Waals surface area contributed by atoms with Crippen molar-refractivity contribution in [3.8, 4) is 5.75 Å². The van der Waals surface area contributed by atoms with Crippen LogP contribution in [-0.4, -0.2) is 36.5 Å². The van der Waals surface area contributed by atoms with E-state index in [1.54, 1.807) is 17.9 Å². The Morgan fingerprint density at radius 3 is 2.39 bits per heavy atom. The predicted molar refractivity (Wildman–Crippen MR) is 109 cm³/mol. The highest BCUT2D eigenvalue weighted by Gasteiger charge is 2.21. The Bertz CT molecular complexity index is 745. The lowest BCUT2D eigenvalue weighted by molar-refractivity contribution is -0.143. The van der Waals surface area contributed by atoms with Crippen LogP contribution in [0.4, 0.5) is 0 Å². The minimum atomic E-state index is -0.305. The van der Waals surface area contributed by atoms with Crippen molar-refractivity contribution in [3.05, 3.63) is 65.7 Å². The van der Waals surface area contributed by atoms with Crippen LogP contribution >= 0.6 is 0 Å². The van der Waals surface area contributed by atoms with E-state index in [2.05, 4.69) is 6.92 Å². The molecule has 0 N–H and O–H groups in total. The van der Waals surface area contributed by atoms with Gasteiger partial charge in [-0.2, -0.15) is 0 Å². The summed E-state index contributed by atoms with van der Waals surface area (Å²) in [4.78, 5) is 26.8. The second kappa shape index (κ2) is 11.8. The minimum absolute atomic E-state index is 0.153. The lowest BCUT2D eigenvalue weighted by Gasteiger charge is -2.24. The summed E-state index contributed by atoms with van der Waals surface area (Å²) in [7, 11) is 0. The molecule has 0 radical (unpaired) electrons. The van der Waals surface area contributed by atoms with Gasteiger partial charge in [0.2, 0.25) is 0 Å². The van der Waals surface area contributed by atoms with Gasteiger partial charge in [0.05, 0.1) is 25.2 Å². The number of benzene rings is 2. The average molecular weight is 383 g/mol. The molecule has 0 aliphatic heterocycles. The largest absolute Gasteiger partial charge is 0.493 e. The lowest BCUT2D eigenvalue weighted by atomic mass is 10.1. The summed E-state index contributed by atoms with van der Waals surface area (Å²) in [6.07, 6.45) is 2.11. The van der Waals surface area contributed by atoms with Gasteiger partial charge >= 0.3 is 5.97 Å². The van der Waals surface area contributed by atoms with Gasteiger partial charge in [-0.05, 0) is 31.0 Å². The molecule has 2 aromatic carbocycles. The molecule has 1 amide bonds. The highest BCUT2D eigenvalue weighted by molar-refractivity contribution is 5.97. The second-order valence-corrected chi connectivity index (χ2v) is 6.47. The van der Waals surface area contributed by atoms with E-state index in [9.17, 15) is 9.59 Å². The van der Waals surface area contributed by atoms with Crippen LogP contribution < -0.4 is 4.74 Å². The molecule has 0 saturated heterocycles. The van der Waals surface area contributed by atoms with Crippen LogP contribution in [-0.2, 0) is 16.1 Å². The van der Waals surface area contributed by atoms with E-state index in [1.165, 1.54) is 0 Å². The first-order chi connectivity index (χ1) is 13.7. The molecule has 0 spiro atoms. The molecule has 28 heavy (non-hydrogen) atoms. The fraction of sp³-hybridized carbons (Fsp3) is 0.391. The average Bonchev–Trinajstić information content (AvgIpc) is 2.72. The van der Waals surface area contributed by atoms with Gasteiger partial charge in [0.25, 0.3) is 5.91 Å². The fourth-order valence-corrected chi connectivity index (χ4v) is 2.78. The summed E-state index contributed by atoms with van der Waals surface area (Å²) >= 11 is 0. The van der Waals surface area contributed by atoms with Crippen LogP contribution in [0.2, 0.25) is 0 Å². The number of carbonyl (C=O) groups is 2. The predicted octanol–water partition coefficient (Wildman–Crippen LogP) is 4.46. The monoisotopic (exact) mass is 383 g/mol. The Labute approximate surface area is 167 Å². The number of para-hydroxylation sites is 1. The number of amides is 1. The summed E-state index contributed by atoms with van der Waals surface area (Å²) in [5, 5.41) is 0. The zero-order valence-corrected chi connectivity index (χ0v) is 16.7. The van der Waals surface area contributed by atoms with Gasteiger partial charge < -0.3 is 14.4 Å². The molecule has 0 bridgehead atoms. The first kappa shape index (κ1) is 21.5. The Hall–Kier alpha value is -2.82. The third kappa shape index (κ3) is 6.72. The standard InChI is InChI=1S/C23H29NO4/c1-3-5-17-28-21-14-10-9-13-20(21)23(26)24(16-15-22(25)27-4-2)18-19-11-7-6-8-12-19/h6-14H,3-5,15-18H2,1-2H3. The summed E-state index contributed by atoms with van der Waals surface area (Å²) < 4.78 is 10.8. The number of carbonyl (C=O) groups excluding carboxylic acids is 2. The van der Waals surface area contributed by atoms with E-state index >= 15 is 0 Å². The van der Waals surface area contributed by atoms with Crippen molar-refractivity contribution >= 4 is 11.9 Å². The van der Waals surface area contributed by atoms with Crippen molar-refractivity contribution in [1.29, 1.82) is 0 Å². The smallest absolute Gasteiger partial charge is 0.307 e. The van der Waals surface area contributed by atoms with Crippen LogP contribution in [0.3, 0.4) is 0 Å². The molecule has 0 aromatic heterocycles. The molecule has 150 valence electrons. The van der Waals surface area contributed by atoms with Crippen molar-refractivity contribution in [2.75, 3.05) is 19.8 Å². The van der Waals surface area contributed by atoms with Gasteiger partial charge in [-0.3, -0.25) is 9.59 Å². The lowest BCUT2D eigenvalue weighted by Crippen LogP contribution is -2.33. The molecule has 0 atom stereocenters. The Balaban J connectivity index is 2.19. The normalized spacial score (nSPS) is 10.4. The van der Waals surface area contributed by atoms with E-state index in [0.29, 0.717) is 31.1 Å². The molecule has 0 unspecified atom stereocenters. The van der Waals surface area contributed by atoms with Crippen molar-refractivity contribution in [3.63, 3.8) is 0 Å². The SMILES string of the molecule is CCCCOc1ccccc1C(=O)N(CCC(=O)OCC)Cc1ccccc1. The van der Waals surface area contributed by atoms with Gasteiger partial charge in [0, 0.05) is 13.1 Å². The summed E-state index contributed by atoms with van der Waals surface area (Å²) in [6.45, 7) is 5.48. The molecular formula is C23H29NO4. The van der Waals surface area contributed by atoms with Gasteiger partial charge in [0.1, 0.15) is 5.75 Å². The van der Waals surface area contributed by atoms with Crippen LogP contribution in [0.15, 0.2) is 54.6 Å². The number of hydrogen-bond acceptors (Lipinski definition) is 4. The summed E-state index contributed by atoms with van der Waals surface area (Å²) in [5.74, 6) is 0.122. The van der Waals surface area contributed by atoms with Crippen LogP contribution in [0, 0.1) is 0 Å². The zero-order chi connectivity index (χ0) is 20.2. The second-order valence-electron chi connectivity index (χ2n) is 6.47. The number of unbranched alkanes of at least 4 members (excludes halogenated alkanes) is 1. The van der Waals surface area contributed by atoms with E-state index in [0.717, 1.165) is 18.4 Å². The van der Waals surface area contributed by atoms with Crippen LogP contribution in [0.25, 0.3) is 0 Å². The molecular weight excluding hydrogens is 354 g/mol. The van der Waals surface area contributed by atoms with E-state index in [4.69, 9.17) is 9.47 Å².